The third kappa shape index (κ3) is 3.90. The van der Waals surface area contributed by atoms with Crippen LogP contribution in [0.4, 0.5) is 5.69 Å². The van der Waals surface area contributed by atoms with Crippen LogP contribution < -0.4 is 10.2 Å². The van der Waals surface area contributed by atoms with Gasteiger partial charge in [-0.05, 0) is 44.0 Å². The van der Waals surface area contributed by atoms with E-state index in [0.29, 0.717) is 6.04 Å². The van der Waals surface area contributed by atoms with Gasteiger partial charge < -0.3 is 10.2 Å². The maximum absolute atomic E-state index is 3.47. The zero-order valence-corrected chi connectivity index (χ0v) is 13.2. The normalized spacial score (nSPS) is 19.7. The van der Waals surface area contributed by atoms with E-state index < -0.39 is 0 Å². The molecule has 1 N–H and O–H groups in total. The SMILES string of the molecule is CCCNCc1ccc(N2CCSCC2C)c(C)c1. The second-order valence-corrected chi connectivity index (χ2v) is 6.56. The molecule has 1 heterocycles. The van der Waals surface area contributed by atoms with Crippen LogP contribution in [0.3, 0.4) is 0 Å². The third-order valence-corrected chi connectivity index (χ3v) is 4.88. The summed E-state index contributed by atoms with van der Waals surface area (Å²) in [5.74, 6) is 2.50. The minimum Gasteiger partial charge on any atom is -0.367 e. The molecule has 0 aromatic heterocycles. The van der Waals surface area contributed by atoms with E-state index >= 15 is 0 Å². The Labute approximate surface area is 122 Å². The van der Waals surface area contributed by atoms with Gasteiger partial charge in [0.15, 0.2) is 0 Å². The summed E-state index contributed by atoms with van der Waals surface area (Å²) in [6.45, 7) is 10.0. The maximum Gasteiger partial charge on any atom is 0.0399 e. The van der Waals surface area contributed by atoms with Crippen LogP contribution in [0.25, 0.3) is 0 Å². The molecule has 1 aliphatic rings. The van der Waals surface area contributed by atoms with E-state index in [1.165, 1.54) is 41.3 Å². The van der Waals surface area contributed by atoms with Crippen LogP contribution in [0.5, 0.6) is 0 Å². The third-order valence-electron chi connectivity index (χ3n) is 3.69. The van der Waals surface area contributed by atoms with Gasteiger partial charge in [0.2, 0.25) is 0 Å². The fourth-order valence-corrected chi connectivity index (χ4v) is 3.66. The van der Waals surface area contributed by atoms with E-state index in [0.717, 1.165) is 13.1 Å². The summed E-state index contributed by atoms with van der Waals surface area (Å²) < 4.78 is 0. The quantitative estimate of drug-likeness (QED) is 0.831. The predicted octanol–water partition coefficient (Wildman–Crippen LogP) is 3.44. The van der Waals surface area contributed by atoms with E-state index in [9.17, 15) is 0 Å². The molecular formula is C16H26N2S. The first-order chi connectivity index (χ1) is 9.22. The van der Waals surface area contributed by atoms with Crippen molar-refractivity contribution >= 4 is 17.4 Å². The molecule has 0 amide bonds. The molecule has 0 spiro atoms. The summed E-state index contributed by atoms with van der Waals surface area (Å²) in [4.78, 5) is 2.56. The lowest BCUT2D eigenvalue weighted by atomic mass is 10.1. The summed E-state index contributed by atoms with van der Waals surface area (Å²) in [7, 11) is 0. The van der Waals surface area contributed by atoms with Crippen LogP contribution in [-0.2, 0) is 6.54 Å². The molecule has 1 unspecified atom stereocenters. The topological polar surface area (TPSA) is 15.3 Å². The molecule has 1 saturated heterocycles. The summed E-state index contributed by atoms with van der Waals surface area (Å²) in [5.41, 5.74) is 4.23. The Balaban J connectivity index is 2.05. The van der Waals surface area contributed by atoms with Crippen LogP contribution in [0, 0.1) is 6.92 Å². The molecular weight excluding hydrogens is 252 g/mol. The van der Waals surface area contributed by atoms with Gasteiger partial charge in [0.05, 0.1) is 0 Å². The van der Waals surface area contributed by atoms with Crippen LogP contribution in [0.2, 0.25) is 0 Å². The molecule has 1 atom stereocenters. The molecule has 2 rings (SSSR count). The second-order valence-electron chi connectivity index (χ2n) is 5.41. The number of thioether (sulfide) groups is 1. The zero-order valence-electron chi connectivity index (χ0n) is 12.4. The summed E-state index contributed by atoms with van der Waals surface area (Å²) >= 11 is 2.07. The first-order valence-electron chi connectivity index (χ1n) is 7.37. The highest BCUT2D eigenvalue weighted by atomic mass is 32.2. The van der Waals surface area contributed by atoms with Gasteiger partial charge in [0.25, 0.3) is 0 Å². The van der Waals surface area contributed by atoms with Crippen molar-refractivity contribution in [2.24, 2.45) is 0 Å². The number of benzene rings is 1. The molecule has 0 bridgehead atoms. The minimum atomic E-state index is 0.654. The number of anilines is 1. The number of nitrogens with zero attached hydrogens (tertiary/aromatic N) is 1. The first kappa shape index (κ1) is 14.7. The van der Waals surface area contributed by atoms with Crippen molar-refractivity contribution < 1.29 is 0 Å². The molecule has 3 heteroatoms. The molecule has 0 radical (unpaired) electrons. The molecule has 2 nitrogen and oxygen atoms in total. The van der Waals surface area contributed by atoms with Crippen LogP contribution in [0.1, 0.15) is 31.4 Å². The smallest absolute Gasteiger partial charge is 0.0399 e. The number of hydrogen-bond acceptors (Lipinski definition) is 3. The van der Waals surface area contributed by atoms with Gasteiger partial charge in [-0.1, -0.05) is 19.1 Å². The standard InChI is InChI=1S/C16H26N2S/c1-4-7-17-11-15-5-6-16(13(2)10-15)18-8-9-19-12-14(18)3/h5-6,10,14,17H,4,7-9,11-12H2,1-3H3. The van der Waals surface area contributed by atoms with Gasteiger partial charge in [-0.25, -0.2) is 0 Å². The molecule has 1 aliphatic heterocycles. The molecule has 106 valence electrons. The van der Waals surface area contributed by atoms with E-state index in [4.69, 9.17) is 0 Å². The Morgan fingerprint density at radius 2 is 2.26 bits per heavy atom. The van der Waals surface area contributed by atoms with Crippen molar-refractivity contribution in [2.45, 2.75) is 39.8 Å². The maximum atomic E-state index is 3.47. The van der Waals surface area contributed by atoms with Crippen LogP contribution >= 0.6 is 11.8 Å². The molecule has 1 aromatic rings. The fraction of sp³-hybridized carbons (Fsp3) is 0.625. The van der Waals surface area contributed by atoms with Gasteiger partial charge in [0, 0.05) is 36.3 Å². The Morgan fingerprint density at radius 3 is 2.95 bits per heavy atom. The highest BCUT2D eigenvalue weighted by Crippen LogP contribution is 2.27. The lowest BCUT2D eigenvalue weighted by molar-refractivity contribution is 0.673. The van der Waals surface area contributed by atoms with Gasteiger partial charge in [0.1, 0.15) is 0 Å². The Morgan fingerprint density at radius 1 is 1.42 bits per heavy atom. The van der Waals surface area contributed by atoms with Crippen molar-refractivity contribution in [1.29, 1.82) is 0 Å². The molecule has 1 aromatic carbocycles. The molecule has 0 saturated carbocycles. The summed E-state index contributed by atoms with van der Waals surface area (Å²) in [6.07, 6.45) is 1.19. The predicted molar refractivity (Wildman–Crippen MR) is 87.3 cm³/mol. The van der Waals surface area contributed by atoms with E-state index in [1.54, 1.807) is 0 Å². The average Bonchev–Trinajstić information content (AvgIpc) is 2.40. The Hall–Kier alpha value is -0.670. The largest absolute Gasteiger partial charge is 0.367 e. The minimum absolute atomic E-state index is 0.654. The van der Waals surface area contributed by atoms with Crippen LogP contribution in [-0.4, -0.2) is 30.6 Å². The highest BCUT2D eigenvalue weighted by Gasteiger charge is 2.20. The number of nitrogens with one attached hydrogen (secondary N) is 1. The number of hydrogen-bond donors (Lipinski definition) is 1. The lowest BCUT2D eigenvalue weighted by Gasteiger charge is -2.36. The van der Waals surface area contributed by atoms with Gasteiger partial charge in [-0.3, -0.25) is 0 Å². The van der Waals surface area contributed by atoms with E-state index in [-0.39, 0.29) is 0 Å². The number of aryl methyl sites for hydroxylation is 1. The van der Waals surface area contributed by atoms with Gasteiger partial charge in [-0.15, -0.1) is 0 Å². The van der Waals surface area contributed by atoms with Crippen molar-refractivity contribution in [3.05, 3.63) is 29.3 Å². The average molecular weight is 278 g/mol. The fourth-order valence-electron chi connectivity index (χ4n) is 2.64. The van der Waals surface area contributed by atoms with E-state index in [2.05, 4.69) is 60.9 Å². The van der Waals surface area contributed by atoms with Crippen molar-refractivity contribution in [3.63, 3.8) is 0 Å². The number of rotatable bonds is 5. The van der Waals surface area contributed by atoms with Crippen molar-refractivity contribution in [3.8, 4) is 0 Å². The Bertz CT molecular complexity index is 406. The zero-order chi connectivity index (χ0) is 13.7. The van der Waals surface area contributed by atoms with Crippen molar-refractivity contribution in [2.75, 3.05) is 29.5 Å². The van der Waals surface area contributed by atoms with E-state index in [1.807, 2.05) is 0 Å². The van der Waals surface area contributed by atoms with Gasteiger partial charge in [-0.2, -0.15) is 11.8 Å². The second kappa shape index (κ2) is 7.20. The summed E-state index contributed by atoms with van der Waals surface area (Å²) in [5, 5.41) is 3.47. The van der Waals surface area contributed by atoms with Crippen molar-refractivity contribution in [1.82, 2.24) is 5.32 Å². The molecule has 0 aliphatic carbocycles. The first-order valence-corrected chi connectivity index (χ1v) is 8.52. The summed E-state index contributed by atoms with van der Waals surface area (Å²) in [6, 6.07) is 7.58. The molecule has 1 fully saturated rings. The monoisotopic (exact) mass is 278 g/mol. The Kier molecular flexibility index (Phi) is 5.59. The van der Waals surface area contributed by atoms with Gasteiger partial charge >= 0.3 is 0 Å². The highest BCUT2D eigenvalue weighted by molar-refractivity contribution is 7.99. The van der Waals surface area contributed by atoms with Crippen LogP contribution in [0.15, 0.2) is 18.2 Å². The lowest BCUT2D eigenvalue weighted by Crippen LogP contribution is -2.40. The molecule has 19 heavy (non-hydrogen) atoms.